The van der Waals surface area contributed by atoms with Crippen LogP contribution < -0.4 is 10.1 Å². The summed E-state index contributed by atoms with van der Waals surface area (Å²) in [4.78, 5) is 15.8. The summed E-state index contributed by atoms with van der Waals surface area (Å²) in [6.07, 6.45) is 3.73. The van der Waals surface area contributed by atoms with Gasteiger partial charge in [-0.25, -0.2) is 0 Å². The summed E-state index contributed by atoms with van der Waals surface area (Å²) in [5.41, 5.74) is 2.07. The summed E-state index contributed by atoms with van der Waals surface area (Å²) in [5, 5.41) is 3.47. The molecule has 0 spiro atoms. The van der Waals surface area contributed by atoms with Crippen LogP contribution in [0, 0.1) is 0 Å². The minimum atomic E-state index is -0.256. The number of ether oxygens (including phenoxy) is 2. The van der Waals surface area contributed by atoms with Crippen molar-refractivity contribution in [3.05, 3.63) is 59.9 Å². The molecule has 1 aromatic heterocycles. The van der Waals surface area contributed by atoms with Gasteiger partial charge in [0.05, 0.1) is 20.6 Å². The van der Waals surface area contributed by atoms with E-state index in [1.807, 2.05) is 36.4 Å². The summed E-state index contributed by atoms with van der Waals surface area (Å²) >= 11 is 0. The SMILES string of the molecule is COC(=O)C[C@H](N[C@@H](C)c1ccc(OC)cc1)c1cccnc1. The van der Waals surface area contributed by atoms with Gasteiger partial charge in [-0.15, -0.1) is 0 Å². The van der Waals surface area contributed by atoms with E-state index in [1.165, 1.54) is 7.11 Å². The molecule has 0 aliphatic heterocycles. The van der Waals surface area contributed by atoms with Crippen LogP contribution in [-0.4, -0.2) is 25.2 Å². The maximum atomic E-state index is 11.7. The van der Waals surface area contributed by atoms with Crippen molar-refractivity contribution in [3.63, 3.8) is 0 Å². The van der Waals surface area contributed by atoms with Crippen LogP contribution in [0.2, 0.25) is 0 Å². The van der Waals surface area contributed by atoms with E-state index in [2.05, 4.69) is 17.2 Å². The lowest BCUT2D eigenvalue weighted by Gasteiger charge is -2.23. The first-order valence-electron chi connectivity index (χ1n) is 7.50. The van der Waals surface area contributed by atoms with Gasteiger partial charge in [0.25, 0.3) is 0 Å². The van der Waals surface area contributed by atoms with Crippen molar-refractivity contribution in [2.45, 2.75) is 25.4 Å². The van der Waals surface area contributed by atoms with E-state index in [0.717, 1.165) is 16.9 Å². The predicted octanol–water partition coefficient (Wildman–Crippen LogP) is 3.05. The molecule has 23 heavy (non-hydrogen) atoms. The number of carbonyl (C=O) groups is 1. The lowest BCUT2D eigenvalue weighted by Crippen LogP contribution is -2.27. The molecular weight excluding hydrogens is 292 g/mol. The number of carbonyl (C=O) groups excluding carboxylic acids is 1. The highest BCUT2D eigenvalue weighted by Crippen LogP contribution is 2.23. The summed E-state index contributed by atoms with van der Waals surface area (Å²) in [6, 6.07) is 11.6. The standard InChI is InChI=1S/C18H22N2O3/c1-13(14-6-8-16(22-2)9-7-14)20-17(11-18(21)23-3)15-5-4-10-19-12-15/h4-10,12-13,17,20H,11H2,1-3H3/t13-,17-/m0/s1. The van der Waals surface area contributed by atoms with Gasteiger partial charge in [-0.2, -0.15) is 0 Å². The van der Waals surface area contributed by atoms with Gasteiger partial charge < -0.3 is 14.8 Å². The number of pyridine rings is 1. The molecule has 0 aliphatic carbocycles. The Morgan fingerprint density at radius 2 is 1.91 bits per heavy atom. The van der Waals surface area contributed by atoms with E-state index in [4.69, 9.17) is 9.47 Å². The topological polar surface area (TPSA) is 60.5 Å². The third kappa shape index (κ3) is 4.79. The largest absolute Gasteiger partial charge is 0.497 e. The first kappa shape index (κ1) is 17.0. The Kier molecular flexibility index (Phi) is 6.11. The molecule has 0 saturated heterocycles. The Morgan fingerprint density at radius 3 is 2.48 bits per heavy atom. The molecular formula is C18H22N2O3. The van der Waals surface area contributed by atoms with Crippen molar-refractivity contribution < 1.29 is 14.3 Å². The quantitative estimate of drug-likeness (QED) is 0.796. The van der Waals surface area contributed by atoms with Gasteiger partial charge in [-0.3, -0.25) is 9.78 Å². The first-order valence-corrected chi connectivity index (χ1v) is 7.50. The van der Waals surface area contributed by atoms with E-state index in [9.17, 15) is 4.79 Å². The van der Waals surface area contributed by atoms with Gasteiger partial charge in [0, 0.05) is 24.5 Å². The average molecular weight is 314 g/mol. The molecule has 2 atom stereocenters. The highest BCUT2D eigenvalue weighted by molar-refractivity contribution is 5.70. The zero-order chi connectivity index (χ0) is 16.7. The van der Waals surface area contributed by atoms with Crippen LogP contribution in [0.4, 0.5) is 0 Å². The second-order valence-corrected chi connectivity index (χ2v) is 5.28. The van der Waals surface area contributed by atoms with Crippen LogP contribution in [0.15, 0.2) is 48.8 Å². The average Bonchev–Trinajstić information content (AvgIpc) is 2.61. The third-order valence-corrected chi connectivity index (χ3v) is 3.75. The molecule has 0 fully saturated rings. The summed E-state index contributed by atoms with van der Waals surface area (Å²) in [6.45, 7) is 2.06. The van der Waals surface area contributed by atoms with Crippen LogP contribution in [0.1, 0.15) is 36.6 Å². The number of methoxy groups -OCH3 is 2. The fourth-order valence-electron chi connectivity index (χ4n) is 2.40. The second-order valence-electron chi connectivity index (χ2n) is 5.28. The molecule has 2 aromatic rings. The van der Waals surface area contributed by atoms with E-state index in [1.54, 1.807) is 19.5 Å². The van der Waals surface area contributed by atoms with Crippen molar-refractivity contribution in [1.29, 1.82) is 0 Å². The summed E-state index contributed by atoms with van der Waals surface area (Å²) < 4.78 is 9.98. The monoisotopic (exact) mass is 314 g/mol. The Morgan fingerprint density at radius 1 is 1.17 bits per heavy atom. The van der Waals surface area contributed by atoms with Crippen LogP contribution >= 0.6 is 0 Å². The lowest BCUT2D eigenvalue weighted by atomic mass is 10.0. The summed E-state index contributed by atoms with van der Waals surface area (Å²) in [5.74, 6) is 0.563. The van der Waals surface area contributed by atoms with Crippen molar-refractivity contribution in [3.8, 4) is 5.75 Å². The van der Waals surface area contributed by atoms with E-state index in [0.29, 0.717) is 0 Å². The zero-order valence-electron chi connectivity index (χ0n) is 13.7. The van der Waals surface area contributed by atoms with E-state index >= 15 is 0 Å². The molecule has 0 radical (unpaired) electrons. The Bertz CT molecular complexity index is 614. The molecule has 5 nitrogen and oxygen atoms in total. The fourth-order valence-corrected chi connectivity index (χ4v) is 2.40. The van der Waals surface area contributed by atoms with Crippen molar-refractivity contribution >= 4 is 5.97 Å². The lowest BCUT2D eigenvalue weighted by molar-refractivity contribution is -0.141. The van der Waals surface area contributed by atoms with Crippen LogP contribution in [-0.2, 0) is 9.53 Å². The van der Waals surface area contributed by atoms with Gasteiger partial charge in [0.1, 0.15) is 5.75 Å². The minimum absolute atomic E-state index is 0.0655. The number of esters is 1. The van der Waals surface area contributed by atoms with E-state index < -0.39 is 0 Å². The maximum absolute atomic E-state index is 11.7. The number of rotatable bonds is 7. The molecule has 0 saturated carbocycles. The van der Waals surface area contributed by atoms with E-state index in [-0.39, 0.29) is 24.5 Å². The maximum Gasteiger partial charge on any atom is 0.307 e. The number of benzene rings is 1. The third-order valence-electron chi connectivity index (χ3n) is 3.75. The highest BCUT2D eigenvalue weighted by atomic mass is 16.5. The van der Waals surface area contributed by atoms with Gasteiger partial charge in [0.2, 0.25) is 0 Å². The molecule has 122 valence electrons. The molecule has 0 unspecified atom stereocenters. The normalized spacial score (nSPS) is 13.2. The zero-order valence-corrected chi connectivity index (χ0v) is 13.7. The molecule has 5 heteroatoms. The number of aromatic nitrogens is 1. The highest BCUT2D eigenvalue weighted by Gasteiger charge is 2.19. The van der Waals surface area contributed by atoms with Crippen LogP contribution in [0.25, 0.3) is 0 Å². The van der Waals surface area contributed by atoms with Gasteiger partial charge in [0.15, 0.2) is 0 Å². The number of hydrogen-bond acceptors (Lipinski definition) is 5. The van der Waals surface area contributed by atoms with Gasteiger partial charge >= 0.3 is 5.97 Å². The molecule has 0 bridgehead atoms. The fraction of sp³-hybridized carbons (Fsp3) is 0.333. The Balaban J connectivity index is 2.13. The number of nitrogens with zero attached hydrogens (tertiary/aromatic N) is 1. The van der Waals surface area contributed by atoms with Crippen LogP contribution in [0.5, 0.6) is 5.75 Å². The molecule has 0 amide bonds. The second kappa shape index (κ2) is 8.29. The Labute approximate surface area is 136 Å². The van der Waals surface area contributed by atoms with Crippen molar-refractivity contribution in [2.24, 2.45) is 0 Å². The van der Waals surface area contributed by atoms with Gasteiger partial charge in [-0.1, -0.05) is 18.2 Å². The molecule has 1 N–H and O–H groups in total. The first-order chi connectivity index (χ1) is 11.1. The number of hydrogen-bond donors (Lipinski definition) is 1. The van der Waals surface area contributed by atoms with Gasteiger partial charge in [-0.05, 0) is 36.2 Å². The molecule has 1 aromatic carbocycles. The van der Waals surface area contributed by atoms with Crippen LogP contribution in [0.3, 0.4) is 0 Å². The molecule has 0 aliphatic rings. The summed E-state index contributed by atoms with van der Waals surface area (Å²) in [7, 11) is 3.04. The minimum Gasteiger partial charge on any atom is -0.497 e. The predicted molar refractivity (Wildman–Crippen MR) is 88.2 cm³/mol. The smallest absolute Gasteiger partial charge is 0.307 e. The molecule has 2 rings (SSSR count). The van der Waals surface area contributed by atoms with Crippen molar-refractivity contribution in [1.82, 2.24) is 10.3 Å². The molecule has 1 heterocycles. The number of nitrogens with one attached hydrogen (secondary N) is 1. The Hall–Kier alpha value is -2.40. The van der Waals surface area contributed by atoms with Crippen molar-refractivity contribution in [2.75, 3.05) is 14.2 Å².